The van der Waals surface area contributed by atoms with Gasteiger partial charge in [0, 0.05) is 0 Å². The van der Waals surface area contributed by atoms with Gasteiger partial charge in [0.15, 0.2) is 0 Å². The normalized spacial score (nSPS) is 43.7. The Balaban J connectivity index is 2.35. The minimum Gasteiger partial charge on any atom is -0.376 e. The summed E-state index contributed by atoms with van der Waals surface area (Å²) in [4.78, 5) is 0. The van der Waals surface area contributed by atoms with Crippen molar-refractivity contribution in [1.82, 2.24) is 0 Å². The van der Waals surface area contributed by atoms with Gasteiger partial charge in [-0.05, 0) is 24.7 Å². The summed E-state index contributed by atoms with van der Waals surface area (Å²) in [7, 11) is 3.44. The molecule has 0 aliphatic heterocycles. The van der Waals surface area contributed by atoms with Crippen LogP contribution in [0.15, 0.2) is 0 Å². The van der Waals surface area contributed by atoms with Gasteiger partial charge in [-0.3, -0.25) is 0 Å². The van der Waals surface area contributed by atoms with Crippen LogP contribution < -0.4 is 0 Å². The second-order valence-electron chi connectivity index (χ2n) is 3.21. The molecule has 0 N–H and O–H groups in total. The molecule has 1 nitrogen and oxygen atoms in total. The molecule has 0 saturated heterocycles. The standard InChI is InChI=1S/C8H15O/c1-6-4-8(9-3)5-7(6)2/h6-8H,3-5H2,1-2H3. The monoisotopic (exact) mass is 127 g/mol. The van der Waals surface area contributed by atoms with Gasteiger partial charge in [-0.15, -0.1) is 0 Å². The van der Waals surface area contributed by atoms with E-state index in [4.69, 9.17) is 4.74 Å². The highest BCUT2D eigenvalue weighted by Gasteiger charge is 2.27. The average molecular weight is 127 g/mol. The summed E-state index contributed by atoms with van der Waals surface area (Å²) in [6, 6.07) is 0. The molecule has 1 fully saturated rings. The van der Waals surface area contributed by atoms with Gasteiger partial charge < -0.3 is 4.74 Å². The maximum absolute atomic E-state index is 5.00. The van der Waals surface area contributed by atoms with E-state index in [1.165, 1.54) is 12.8 Å². The van der Waals surface area contributed by atoms with Crippen LogP contribution in [-0.2, 0) is 4.74 Å². The quantitative estimate of drug-likeness (QED) is 0.525. The van der Waals surface area contributed by atoms with E-state index in [1.54, 1.807) is 0 Å². The van der Waals surface area contributed by atoms with E-state index in [0.717, 1.165) is 11.8 Å². The Morgan fingerprint density at radius 3 is 1.89 bits per heavy atom. The minimum atomic E-state index is 0.440. The van der Waals surface area contributed by atoms with E-state index in [1.807, 2.05) is 0 Å². The molecule has 1 rings (SSSR count). The van der Waals surface area contributed by atoms with Gasteiger partial charge in [0.25, 0.3) is 0 Å². The first-order chi connectivity index (χ1) is 4.24. The van der Waals surface area contributed by atoms with Crippen molar-refractivity contribution in [2.24, 2.45) is 11.8 Å². The van der Waals surface area contributed by atoms with Crippen LogP contribution >= 0.6 is 0 Å². The largest absolute Gasteiger partial charge is 0.376 e. The van der Waals surface area contributed by atoms with E-state index in [2.05, 4.69) is 21.0 Å². The summed E-state index contributed by atoms with van der Waals surface area (Å²) in [6.07, 6.45) is 2.84. The zero-order chi connectivity index (χ0) is 6.85. The summed E-state index contributed by atoms with van der Waals surface area (Å²) in [5, 5.41) is 0. The van der Waals surface area contributed by atoms with E-state index in [9.17, 15) is 0 Å². The van der Waals surface area contributed by atoms with Crippen molar-refractivity contribution in [1.29, 1.82) is 0 Å². The van der Waals surface area contributed by atoms with Gasteiger partial charge >= 0.3 is 0 Å². The minimum absolute atomic E-state index is 0.440. The Hall–Kier alpha value is -0.0400. The topological polar surface area (TPSA) is 9.23 Å². The first-order valence-electron chi connectivity index (χ1n) is 3.65. The fourth-order valence-electron chi connectivity index (χ4n) is 1.53. The molecule has 0 bridgehead atoms. The maximum atomic E-state index is 5.00. The molecule has 0 aromatic carbocycles. The molecule has 0 heterocycles. The molecule has 1 heteroatoms. The van der Waals surface area contributed by atoms with Crippen LogP contribution in [-0.4, -0.2) is 6.10 Å². The zero-order valence-electron chi connectivity index (χ0n) is 6.26. The SMILES string of the molecule is [CH2]OC1CC(C)C(C)C1. The van der Waals surface area contributed by atoms with E-state index in [-0.39, 0.29) is 0 Å². The van der Waals surface area contributed by atoms with Gasteiger partial charge in [-0.1, -0.05) is 13.8 Å². The molecule has 2 atom stereocenters. The number of hydrogen-bond donors (Lipinski definition) is 0. The van der Waals surface area contributed by atoms with Crippen LogP contribution in [0.5, 0.6) is 0 Å². The number of ether oxygens (including phenoxy) is 1. The molecule has 1 aliphatic rings. The van der Waals surface area contributed by atoms with Gasteiger partial charge in [0.2, 0.25) is 0 Å². The average Bonchev–Trinajstić information content (AvgIpc) is 2.13. The second kappa shape index (κ2) is 2.70. The first-order valence-corrected chi connectivity index (χ1v) is 3.65. The van der Waals surface area contributed by atoms with Gasteiger partial charge in [-0.25, -0.2) is 0 Å². The third kappa shape index (κ3) is 1.45. The highest BCUT2D eigenvalue weighted by molar-refractivity contribution is 4.78. The van der Waals surface area contributed by atoms with Crippen LogP contribution in [0.25, 0.3) is 0 Å². The number of hydrogen-bond acceptors (Lipinski definition) is 1. The molecule has 1 saturated carbocycles. The number of rotatable bonds is 1. The molecule has 9 heavy (non-hydrogen) atoms. The van der Waals surface area contributed by atoms with Crippen molar-refractivity contribution in [2.45, 2.75) is 32.8 Å². The molecular formula is C8H15O. The molecule has 0 spiro atoms. The molecular weight excluding hydrogens is 112 g/mol. The van der Waals surface area contributed by atoms with Gasteiger partial charge in [0.05, 0.1) is 13.2 Å². The summed E-state index contributed by atoms with van der Waals surface area (Å²) < 4.78 is 5.00. The molecule has 2 unspecified atom stereocenters. The Bertz CT molecular complexity index is 80.6. The molecule has 0 aromatic rings. The lowest BCUT2D eigenvalue weighted by Crippen LogP contribution is -2.01. The molecule has 1 radical (unpaired) electrons. The van der Waals surface area contributed by atoms with Crippen LogP contribution in [0.4, 0.5) is 0 Å². The Labute approximate surface area is 57.4 Å². The Kier molecular flexibility index (Phi) is 2.12. The fraction of sp³-hybridized carbons (Fsp3) is 0.875. The molecule has 53 valence electrons. The molecule has 1 aliphatic carbocycles. The van der Waals surface area contributed by atoms with Gasteiger partial charge in [-0.2, -0.15) is 0 Å². The van der Waals surface area contributed by atoms with Crippen molar-refractivity contribution in [3.05, 3.63) is 7.11 Å². The predicted molar refractivity (Wildman–Crippen MR) is 37.8 cm³/mol. The third-order valence-corrected chi connectivity index (χ3v) is 2.48. The van der Waals surface area contributed by atoms with Crippen molar-refractivity contribution in [3.63, 3.8) is 0 Å². The van der Waals surface area contributed by atoms with Gasteiger partial charge in [0.1, 0.15) is 0 Å². The van der Waals surface area contributed by atoms with Crippen LogP contribution in [0.2, 0.25) is 0 Å². The summed E-state index contributed by atoms with van der Waals surface area (Å²) >= 11 is 0. The summed E-state index contributed by atoms with van der Waals surface area (Å²) in [6.45, 7) is 4.56. The Morgan fingerprint density at radius 1 is 1.22 bits per heavy atom. The lowest BCUT2D eigenvalue weighted by Gasteiger charge is -2.04. The maximum Gasteiger partial charge on any atom is 0.0704 e. The zero-order valence-corrected chi connectivity index (χ0v) is 6.26. The third-order valence-electron chi connectivity index (χ3n) is 2.48. The summed E-state index contributed by atoms with van der Waals surface area (Å²) in [5.74, 6) is 1.66. The van der Waals surface area contributed by atoms with E-state index < -0.39 is 0 Å². The van der Waals surface area contributed by atoms with E-state index >= 15 is 0 Å². The summed E-state index contributed by atoms with van der Waals surface area (Å²) in [5.41, 5.74) is 0. The van der Waals surface area contributed by atoms with Crippen LogP contribution in [0.3, 0.4) is 0 Å². The second-order valence-corrected chi connectivity index (χ2v) is 3.21. The van der Waals surface area contributed by atoms with Crippen molar-refractivity contribution >= 4 is 0 Å². The van der Waals surface area contributed by atoms with Crippen LogP contribution in [0, 0.1) is 18.9 Å². The predicted octanol–water partition coefficient (Wildman–Crippen LogP) is 2.23. The Morgan fingerprint density at radius 2 is 1.67 bits per heavy atom. The lowest BCUT2D eigenvalue weighted by atomic mass is 10.0. The lowest BCUT2D eigenvalue weighted by molar-refractivity contribution is 0.139. The molecule has 0 aromatic heterocycles. The first kappa shape index (κ1) is 7.07. The van der Waals surface area contributed by atoms with E-state index in [0.29, 0.717) is 6.10 Å². The van der Waals surface area contributed by atoms with Crippen molar-refractivity contribution < 1.29 is 4.74 Å². The van der Waals surface area contributed by atoms with Crippen LogP contribution in [0.1, 0.15) is 26.7 Å². The molecule has 0 amide bonds. The smallest absolute Gasteiger partial charge is 0.0704 e. The fourth-order valence-corrected chi connectivity index (χ4v) is 1.53. The highest BCUT2D eigenvalue weighted by Crippen LogP contribution is 2.32. The van der Waals surface area contributed by atoms with Crippen molar-refractivity contribution in [2.75, 3.05) is 0 Å². The highest BCUT2D eigenvalue weighted by atomic mass is 16.5. The van der Waals surface area contributed by atoms with Crippen molar-refractivity contribution in [3.8, 4) is 0 Å².